The molecule has 1 aliphatic rings. The number of rotatable bonds is 5. The lowest BCUT2D eigenvalue weighted by molar-refractivity contribution is 0.666. The van der Waals surface area contributed by atoms with E-state index in [0.29, 0.717) is 17.5 Å². The van der Waals surface area contributed by atoms with Crippen molar-refractivity contribution in [3.8, 4) is 45.3 Å². The van der Waals surface area contributed by atoms with Crippen molar-refractivity contribution in [3.63, 3.8) is 0 Å². The summed E-state index contributed by atoms with van der Waals surface area (Å²) in [7, 11) is 0. The van der Waals surface area contributed by atoms with E-state index in [-0.39, 0.29) is 0 Å². The van der Waals surface area contributed by atoms with Crippen LogP contribution in [0.3, 0.4) is 0 Å². The van der Waals surface area contributed by atoms with Crippen LogP contribution in [0.1, 0.15) is 22.3 Å². The predicted octanol–water partition coefficient (Wildman–Crippen LogP) is 13.4. The van der Waals surface area contributed by atoms with E-state index in [4.69, 9.17) is 19.4 Å². The lowest BCUT2D eigenvalue weighted by Crippen LogP contribution is -2.28. The number of nitrogens with zero attached hydrogens (tertiary/aromatic N) is 3. The summed E-state index contributed by atoms with van der Waals surface area (Å²) in [5.74, 6) is 1.85. The van der Waals surface area contributed by atoms with Crippen LogP contribution in [-0.4, -0.2) is 15.0 Å². The summed E-state index contributed by atoms with van der Waals surface area (Å²) in [6.45, 7) is 0. The first-order chi connectivity index (χ1) is 28.8. The van der Waals surface area contributed by atoms with Gasteiger partial charge in [0, 0.05) is 27.5 Å². The molecule has 0 N–H and O–H groups in total. The highest BCUT2D eigenvalue weighted by atomic mass is 16.3. The van der Waals surface area contributed by atoms with Crippen LogP contribution in [0.4, 0.5) is 0 Å². The molecule has 2 heterocycles. The number of aromatic nitrogens is 3. The van der Waals surface area contributed by atoms with E-state index in [0.717, 1.165) is 60.2 Å². The van der Waals surface area contributed by atoms with Crippen molar-refractivity contribution in [2.45, 2.75) is 5.41 Å². The minimum atomic E-state index is -0.528. The fourth-order valence-corrected chi connectivity index (χ4v) is 9.52. The number of fused-ring (bicyclic) bond motifs is 8. The van der Waals surface area contributed by atoms with E-state index in [2.05, 4.69) is 194 Å². The van der Waals surface area contributed by atoms with E-state index in [9.17, 15) is 0 Å². The fourth-order valence-electron chi connectivity index (χ4n) is 9.52. The molecule has 4 nitrogen and oxygen atoms in total. The SMILES string of the molecule is c1ccc(C2(c3ccccc3)c3ccccc3-c3cc4c(cc32)oc2cccc(-c3nc(-c5cccc6ccccc56)nc(-c5cccc6ccccc56)n3)c24)cc1. The van der Waals surface area contributed by atoms with E-state index >= 15 is 0 Å². The molecule has 58 heavy (non-hydrogen) atoms. The van der Waals surface area contributed by atoms with Crippen molar-refractivity contribution in [3.05, 3.63) is 222 Å². The van der Waals surface area contributed by atoms with Gasteiger partial charge in [-0.1, -0.05) is 182 Å². The van der Waals surface area contributed by atoms with E-state index in [1.807, 2.05) is 6.07 Å². The molecule has 270 valence electrons. The van der Waals surface area contributed by atoms with Crippen molar-refractivity contribution in [2.24, 2.45) is 0 Å². The van der Waals surface area contributed by atoms with Gasteiger partial charge in [0.25, 0.3) is 0 Å². The monoisotopic (exact) mass is 739 g/mol. The van der Waals surface area contributed by atoms with Crippen molar-refractivity contribution in [1.29, 1.82) is 0 Å². The Labute approximate surface area is 334 Å². The molecule has 0 saturated carbocycles. The minimum absolute atomic E-state index is 0.528. The van der Waals surface area contributed by atoms with Crippen molar-refractivity contribution in [1.82, 2.24) is 15.0 Å². The third-order valence-corrected chi connectivity index (χ3v) is 12.0. The zero-order valence-corrected chi connectivity index (χ0v) is 31.3. The molecular weight excluding hydrogens is 707 g/mol. The van der Waals surface area contributed by atoms with Gasteiger partial charge in [-0.3, -0.25) is 0 Å². The lowest BCUT2D eigenvalue weighted by atomic mass is 9.67. The molecular formula is C54H33N3O. The molecule has 0 atom stereocenters. The maximum absolute atomic E-state index is 6.88. The van der Waals surface area contributed by atoms with Crippen LogP contribution in [-0.2, 0) is 5.41 Å². The highest BCUT2D eigenvalue weighted by Gasteiger charge is 2.46. The Morgan fingerprint density at radius 3 is 1.45 bits per heavy atom. The Balaban J connectivity index is 1.14. The van der Waals surface area contributed by atoms with Crippen molar-refractivity contribution in [2.75, 3.05) is 0 Å². The van der Waals surface area contributed by atoms with Gasteiger partial charge in [0.05, 0.1) is 5.41 Å². The summed E-state index contributed by atoms with van der Waals surface area (Å²) in [5.41, 5.74) is 11.2. The molecule has 0 radical (unpaired) electrons. The van der Waals surface area contributed by atoms with Crippen LogP contribution in [0.25, 0.3) is 88.8 Å². The Morgan fingerprint density at radius 2 is 0.810 bits per heavy atom. The minimum Gasteiger partial charge on any atom is -0.456 e. The second kappa shape index (κ2) is 12.7. The Morgan fingerprint density at radius 1 is 0.328 bits per heavy atom. The maximum atomic E-state index is 6.88. The third kappa shape index (κ3) is 4.72. The largest absolute Gasteiger partial charge is 0.456 e. The molecule has 0 aliphatic heterocycles. The number of hydrogen-bond donors (Lipinski definition) is 0. The van der Waals surface area contributed by atoms with Gasteiger partial charge < -0.3 is 4.42 Å². The Hall–Kier alpha value is -7.69. The summed E-state index contributed by atoms with van der Waals surface area (Å²) in [4.78, 5) is 15.9. The summed E-state index contributed by atoms with van der Waals surface area (Å²) in [6, 6.07) is 70.9. The van der Waals surface area contributed by atoms with Crippen LogP contribution >= 0.6 is 0 Å². The quantitative estimate of drug-likeness (QED) is 0.176. The van der Waals surface area contributed by atoms with Gasteiger partial charge in [-0.25, -0.2) is 15.0 Å². The first-order valence-electron chi connectivity index (χ1n) is 19.7. The van der Waals surface area contributed by atoms with Gasteiger partial charge in [0.2, 0.25) is 0 Å². The summed E-state index contributed by atoms with van der Waals surface area (Å²) < 4.78 is 6.88. The second-order valence-electron chi connectivity index (χ2n) is 15.1. The first-order valence-corrected chi connectivity index (χ1v) is 19.7. The van der Waals surface area contributed by atoms with Gasteiger partial charge in [-0.2, -0.15) is 0 Å². The maximum Gasteiger partial charge on any atom is 0.164 e. The molecule has 0 saturated heterocycles. The summed E-state index contributed by atoms with van der Waals surface area (Å²) in [5, 5.41) is 6.45. The molecule has 0 bridgehead atoms. The number of furan rings is 1. The molecule has 9 aromatic carbocycles. The zero-order chi connectivity index (χ0) is 38.2. The van der Waals surface area contributed by atoms with Crippen LogP contribution in [0.15, 0.2) is 205 Å². The number of benzene rings is 9. The van der Waals surface area contributed by atoms with Crippen LogP contribution in [0.2, 0.25) is 0 Å². The van der Waals surface area contributed by atoms with Crippen LogP contribution in [0, 0.1) is 0 Å². The Bertz CT molecular complexity index is 3260. The second-order valence-corrected chi connectivity index (χ2v) is 15.1. The van der Waals surface area contributed by atoms with E-state index in [1.54, 1.807) is 0 Å². The van der Waals surface area contributed by atoms with Gasteiger partial charge in [0.1, 0.15) is 11.2 Å². The lowest BCUT2D eigenvalue weighted by Gasteiger charge is -2.33. The molecule has 0 fully saturated rings. The van der Waals surface area contributed by atoms with E-state index in [1.165, 1.54) is 33.4 Å². The molecule has 0 unspecified atom stereocenters. The first kappa shape index (κ1) is 32.5. The zero-order valence-electron chi connectivity index (χ0n) is 31.3. The number of hydrogen-bond acceptors (Lipinski definition) is 4. The highest BCUT2D eigenvalue weighted by molar-refractivity contribution is 6.14. The fraction of sp³-hybridized carbons (Fsp3) is 0.0185. The smallest absolute Gasteiger partial charge is 0.164 e. The predicted molar refractivity (Wildman–Crippen MR) is 236 cm³/mol. The average Bonchev–Trinajstić information content (AvgIpc) is 3.81. The molecule has 0 spiro atoms. The molecule has 0 amide bonds. The van der Waals surface area contributed by atoms with Crippen molar-refractivity contribution >= 4 is 43.5 Å². The molecule has 2 aromatic heterocycles. The molecule has 11 aromatic rings. The standard InChI is InChI=1S/C54H33N3O/c1-3-20-36(21-4-1)54(37-22-5-2-6-23-37)46-30-12-11-26-40(46)44-32-45-49(33-47(44)54)58-48-31-15-29-43(50(45)48)53-56-51(41-27-13-18-34-16-7-9-24-38(34)41)55-52(57-53)42-28-14-19-35-17-8-10-25-39(35)42/h1-33H. The van der Waals surface area contributed by atoms with Crippen LogP contribution < -0.4 is 0 Å². The topological polar surface area (TPSA) is 51.8 Å². The van der Waals surface area contributed by atoms with Gasteiger partial charge in [-0.15, -0.1) is 0 Å². The normalized spacial score (nSPS) is 13.0. The average molecular weight is 740 g/mol. The Kier molecular flexibility index (Phi) is 7.11. The highest BCUT2D eigenvalue weighted by Crippen LogP contribution is 2.57. The third-order valence-electron chi connectivity index (χ3n) is 12.0. The molecule has 1 aliphatic carbocycles. The van der Waals surface area contributed by atoms with Gasteiger partial charge in [-0.05, 0) is 73.1 Å². The van der Waals surface area contributed by atoms with Gasteiger partial charge >= 0.3 is 0 Å². The van der Waals surface area contributed by atoms with Crippen LogP contribution in [0.5, 0.6) is 0 Å². The van der Waals surface area contributed by atoms with E-state index < -0.39 is 5.41 Å². The van der Waals surface area contributed by atoms with Crippen molar-refractivity contribution < 1.29 is 4.42 Å². The summed E-state index contributed by atoms with van der Waals surface area (Å²) >= 11 is 0. The van der Waals surface area contributed by atoms with Gasteiger partial charge in [0.15, 0.2) is 17.5 Å². The molecule has 4 heteroatoms. The summed E-state index contributed by atoms with van der Waals surface area (Å²) in [6.07, 6.45) is 0. The molecule has 12 rings (SSSR count).